The van der Waals surface area contributed by atoms with E-state index >= 15 is 0 Å². The molecule has 4 unspecified atom stereocenters. The smallest absolute Gasteiger partial charge is 0.171 e. The zero-order valence-electron chi connectivity index (χ0n) is 75.9. The van der Waals surface area contributed by atoms with Crippen molar-refractivity contribution in [3.63, 3.8) is 0 Å². The normalized spacial score (nSPS) is 42.6. The number of benzene rings is 4. The van der Waals surface area contributed by atoms with Gasteiger partial charge in [0.05, 0.1) is 70.2 Å². The number of aliphatic hydroxyl groups is 3. The van der Waals surface area contributed by atoms with Crippen molar-refractivity contribution >= 4 is 66.0 Å². The molecular weight excluding hydrogens is 1630 g/mol. The molecule has 3 N–H and O–H groups in total. The molecule has 30 rings (SSSR count). The highest BCUT2D eigenvalue weighted by atomic mass is 16.7. The standard InChI is InChI=1S/C30H31NO3.C29H29NO2.C28H29NO4.C28H29NO3/c1-27-9-6-24-17-23-7-10-29(32-14-15-33-29)19-28(23)11-12-30(24,34-28)26(27)5-4-25(27)21-3-2-20-8-13-31-18-22(20)16-21;1-26-8-6-22-13-20-4-5-24(31)16-27(20)9-10-29(22,32-27)25(26)14-23-15-28(23,26)21-3-2-18-7-11-30-17-19(18)12-21;1-25-8-6-20-13-19-4-5-22(30)15-26(19)9-10-27(20,33-26)23(25)14-24(31)28(25,32)21-3-2-17-7-11-29-16-18(17)12-21;1-26-8-6-21-13-20-4-5-22(30)15-27(20)9-10-28(21,32-27)24(26)14-23(31)25(26)18-3-2-17-7-11-29-16-19(17)12-18/h2-4,6,8,13,16-18,26H,5,7,9-12,14-15,19H2,1H3;2-3,6-7,11-13,17,23,25H,4-5,8-10,14-16H2,1H3;2-3,6-7,11-13,16,23-24,31-32H,4-5,8-10,14-15H2,1H3;2-3,6-7,11-13,16,23-25,31H,4-5,8-10,14-15H2,1H3/t26-,27-,28-,30?;23-,25+,26-,27+,28-,29?;23-,24-,25+,26-,27?,28-;23-,24-,25+,26+,27-,28?/m1011/s1. The molecule has 22 atom stereocenters. The van der Waals surface area contributed by atoms with Crippen LogP contribution in [-0.2, 0) is 53.8 Å². The van der Waals surface area contributed by atoms with Crippen LogP contribution in [0.1, 0.15) is 242 Å². The van der Waals surface area contributed by atoms with Crippen LogP contribution >= 0.6 is 0 Å². The maximum absolute atomic E-state index is 12.4. The summed E-state index contributed by atoms with van der Waals surface area (Å²) in [7, 11) is 0. The van der Waals surface area contributed by atoms with E-state index in [4.69, 9.17) is 28.4 Å². The van der Waals surface area contributed by atoms with E-state index < -0.39 is 40.2 Å². The number of aliphatic hydroxyl groups excluding tert-OH is 2. The first kappa shape index (κ1) is 81.4. The number of ketones is 3. The number of fused-ring (bicyclic) bond motifs is 10. The molecular formula is C115H118N4O12. The van der Waals surface area contributed by atoms with Crippen molar-refractivity contribution in [2.45, 2.75) is 294 Å². The molecule has 9 aliphatic heterocycles. The number of nitrogens with zero attached hydrogens (tertiary/aromatic N) is 4. The van der Waals surface area contributed by atoms with Gasteiger partial charge in [0.15, 0.2) is 5.79 Å². The Morgan fingerprint density at radius 1 is 0.405 bits per heavy atom. The molecule has 0 radical (unpaired) electrons. The third-order valence-electron chi connectivity index (χ3n) is 40.1. The van der Waals surface area contributed by atoms with Gasteiger partial charge in [-0.1, -0.05) is 131 Å². The highest BCUT2D eigenvalue weighted by molar-refractivity contribution is 5.89. The van der Waals surface area contributed by atoms with E-state index in [-0.39, 0.29) is 78.8 Å². The van der Waals surface area contributed by atoms with E-state index in [1.165, 1.54) is 107 Å². The van der Waals surface area contributed by atoms with E-state index in [1.54, 1.807) is 12.4 Å². The average molecular weight is 1750 g/mol. The van der Waals surface area contributed by atoms with E-state index in [2.05, 4.69) is 169 Å². The van der Waals surface area contributed by atoms with Crippen molar-refractivity contribution in [1.82, 2.24) is 19.9 Å². The zero-order chi connectivity index (χ0) is 88.3. The van der Waals surface area contributed by atoms with Crippen molar-refractivity contribution < 1.29 is 58.1 Å². The summed E-state index contributed by atoms with van der Waals surface area (Å²) >= 11 is 0. The second-order valence-corrected chi connectivity index (χ2v) is 45.5. The Hall–Kier alpha value is -9.17. The Labute approximate surface area is 765 Å². The minimum Gasteiger partial charge on any atom is -0.392 e. The van der Waals surface area contributed by atoms with E-state index in [9.17, 15) is 29.7 Å². The van der Waals surface area contributed by atoms with Crippen molar-refractivity contribution in [2.24, 2.45) is 51.2 Å². The van der Waals surface area contributed by atoms with E-state index in [0.29, 0.717) is 88.0 Å². The fraction of sp³-hybridized carbons (Fsp3) is 0.504. The summed E-state index contributed by atoms with van der Waals surface area (Å²) < 4.78 is 40.9. The molecule has 4 aromatic carbocycles. The molecule has 22 aliphatic rings. The van der Waals surface area contributed by atoms with Gasteiger partial charge in [-0.2, -0.15) is 0 Å². The quantitative estimate of drug-likeness (QED) is 0.149. The summed E-state index contributed by atoms with van der Waals surface area (Å²) in [5, 5.41) is 44.5. The van der Waals surface area contributed by atoms with Crippen LogP contribution in [-0.4, -0.2) is 129 Å². The SMILES string of the molecule is C[C@]12CC=C3C=C4CCC(=O)C[C@]45CCC3(O5)[C@@H]1C[C@@H](O)[C@@H]2c1ccc2ccncc2c1.C[C@]12CC=C3C=C4CCC(=O)C[C@]45CCC3(O5)[C@@H]1C[C@@H](O)[C@]2(O)c1ccc2ccncc2c1.C[C@]12CC=C3C=C4CCC(=O)C[C@]45CCC3(O5)[C@@H]1C[C@H]1C[C@]12c1ccc2ccncc2c1.C[C@]12CC=C3C=C4CCC5(C[C@]46CCC3(O6)[C@@H]1CC=C2c1ccc2ccncc2c1)OCCO5. The number of carbonyl (C=O) groups is 3. The van der Waals surface area contributed by atoms with E-state index in [0.717, 1.165) is 150 Å². The van der Waals surface area contributed by atoms with Crippen molar-refractivity contribution in [2.75, 3.05) is 13.2 Å². The number of ether oxygens (including phenoxy) is 6. The zero-order valence-corrected chi connectivity index (χ0v) is 75.9. The summed E-state index contributed by atoms with van der Waals surface area (Å²) in [6.45, 7) is 10.9. The van der Waals surface area contributed by atoms with Crippen LogP contribution in [0.25, 0.3) is 48.7 Å². The highest BCUT2D eigenvalue weighted by Crippen LogP contribution is 2.82. The third kappa shape index (κ3) is 10.9. The van der Waals surface area contributed by atoms with Gasteiger partial charge in [-0.05, 0) is 300 Å². The van der Waals surface area contributed by atoms with Gasteiger partial charge in [-0.15, -0.1) is 0 Å². The van der Waals surface area contributed by atoms with Crippen LogP contribution < -0.4 is 0 Å². The topological polar surface area (TPSA) is 219 Å². The Morgan fingerprint density at radius 3 is 1.44 bits per heavy atom. The Bertz CT molecular complexity index is 6670. The molecule has 5 saturated heterocycles. The largest absolute Gasteiger partial charge is 0.392 e. The molecule has 4 aromatic heterocycles. The molecule has 16 nitrogen and oxygen atoms in total. The van der Waals surface area contributed by atoms with Crippen molar-refractivity contribution in [1.29, 1.82) is 0 Å². The predicted octanol–water partition coefficient (Wildman–Crippen LogP) is 21.1. The number of carbonyl (C=O) groups excluding carboxylic acids is 3. The Kier molecular flexibility index (Phi) is 17.1. The van der Waals surface area contributed by atoms with Gasteiger partial charge < -0.3 is 43.7 Å². The summed E-state index contributed by atoms with van der Waals surface area (Å²) in [6.07, 6.45) is 61.0. The first-order valence-electron chi connectivity index (χ1n) is 49.7. The fourth-order valence-electron chi connectivity index (χ4n) is 33.8. The predicted molar refractivity (Wildman–Crippen MR) is 500 cm³/mol. The molecule has 670 valence electrons. The maximum atomic E-state index is 12.4. The molecule has 9 spiro atoms. The van der Waals surface area contributed by atoms with Crippen LogP contribution in [0.4, 0.5) is 0 Å². The minimum absolute atomic E-state index is 0.0381. The molecule has 13 heterocycles. The summed E-state index contributed by atoms with van der Waals surface area (Å²) in [5.74, 6) is 2.57. The van der Waals surface area contributed by atoms with Crippen molar-refractivity contribution in [3.8, 4) is 0 Å². The summed E-state index contributed by atoms with van der Waals surface area (Å²) in [5.41, 5.74) is 12.9. The molecule has 13 fully saturated rings. The van der Waals surface area contributed by atoms with Crippen LogP contribution in [0.5, 0.6) is 0 Å². The van der Waals surface area contributed by atoms with Gasteiger partial charge in [-0.25, -0.2) is 0 Å². The second-order valence-electron chi connectivity index (χ2n) is 45.5. The highest BCUT2D eigenvalue weighted by Gasteiger charge is 2.80. The van der Waals surface area contributed by atoms with Gasteiger partial charge in [0.1, 0.15) is 23.0 Å². The Balaban J connectivity index is 0.0000000896. The van der Waals surface area contributed by atoms with E-state index in [1.807, 2.05) is 67.5 Å². The van der Waals surface area contributed by atoms with Gasteiger partial charge >= 0.3 is 0 Å². The monoisotopic (exact) mass is 1750 g/mol. The number of pyridine rings is 4. The lowest BCUT2D eigenvalue weighted by molar-refractivity contribution is -0.225. The third-order valence-corrected chi connectivity index (χ3v) is 40.1. The molecule has 8 aromatic rings. The number of allylic oxidation sites excluding steroid dienone is 6. The van der Waals surface area contributed by atoms with Crippen LogP contribution in [0.15, 0.2) is 246 Å². The number of aromatic nitrogens is 4. The van der Waals surface area contributed by atoms with Crippen LogP contribution in [0.3, 0.4) is 0 Å². The molecule has 8 bridgehead atoms. The van der Waals surface area contributed by atoms with Crippen LogP contribution in [0, 0.1) is 51.2 Å². The maximum Gasteiger partial charge on any atom is 0.171 e. The lowest BCUT2D eigenvalue weighted by Gasteiger charge is -2.55. The molecule has 8 saturated carbocycles. The van der Waals surface area contributed by atoms with Gasteiger partial charge in [-0.3, -0.25) is 34.3 Å². The van der Waals surface area contributed by atoms with Gasteiger partial charge in [0.2, 0.25) is 0 Å². The van der Waals surface area contributed by atoms with Crippen LogP contribution in [0.2, 0.25) is 0 Å². The first-order chi connectivity index (χ1) is 63.3. The van der Waals surface area contributed by atoms with Gasteiger partial charge in [0, 0.05) is 162 Å². The lowest BCUT2D eigenvalue weighted by Crippen LogP contribution is -2.57. The van der Waals surface area contributed by atoms with Gasteiger partial charge in [0.25, 0.3) is 0 Å². The fourth-order valence-corrected chi connectivity index (χ4v) is 33.8. The molecule has 0 amide bonds. The molecule has 131 heavy (non-hydrogen) atoms. The lowest BCUT2D eigenvalue weighted by atomic mass is 9.55. The number of hydrogen-bond donors (Lipinski definition) is 3. The number of hydrogen-bond acceptors (Lipinski definition) is 16. The summed E-state index contributed by atoms with van der Waals surface area (Å²) in [4.78, 5) is 54.5. The number of Topliss-reactive ketones (excluding diaryl/α,β-unsaturated/α-hetero) is 3. The average Bonchev–Trinajstić information content (AvgIpc) is 1.47. The summed E-state index contributed by atoms with van der Waals surface area (Å²) in [6, 6.07) is 34.7. The second kappa shape index (κ2) is 27.6. The number of rotatable bonds is 4. The Morgan fingerprint density at radius 2 is 0.863 bits per heavy atom. The first-order valence-corrected chi connectivity index (χ1v) is 49.7. The molecule has 16 heteroatoms. The van der Waals surface area contributed by atoms with Crippen molar-refractivity contribution in [3.05, 3.63) is 268 Å². The minimum atomic E-state index is -1.40. The molecule has 13 aliphatic carbocycles.